The highest BCUT2D eigenvalue weighted by Crippen LogP contribution is 2.19. The van der Waals surface area contributed by atoms with Crippen LogP contribution in [0.4, 0.5) is 0 Å². The summed E-state index contributed by atoms with van der Waals surface area (Å²) in [5.74, 6) is -0.103. The molecule has 158 valence electrons. The lowest BCUT2D eigenvalue weighted by atomic mass is 10.0. The van der Waals surface area contributed by atoms with E-state index in [0.29, 0.717) is 32.8 Å². The summed E-state index contributed by atoms with van der Waals surface area (Å²) in [7, 11) is -3.68. The summed E-state index contributed by atoms with van der Waals surface area (Å²) in [6.45, 7) is 7.82. The van der Waals surface area contributed by atoms with Crippen LogP contribution < -0.4 is 0 Å². The molecule has 29 heavy (non-hydrogen) atoms. The van der Waals surface area contributed by atoms with E-state index in [0.717, 1.165) is 5.56 Å². The highest BCUT2D eigenvalue weighted by atomic mass is 32.2. The second kappa shape index (κ2) is 8.64. The van der Waals surface area contributed by atoms with Crippen LogP contribution >= 0.6 is 0 Å². The third-order valence-corrected chi connectivity index (χ3v) is 6.58. The van der Waals surface area contributed by atoms with Crippen LogP contribution in [0, 0.1) is 0 Å². The van der Waals surface area contributed by atoms with Gasteiger partial charge < -0.3 is 14.2 Å². The van der Waals surface area contributed by atoms with Crippen LogP contribution in [-0.2, 0) is 32.6 Å². The molecule has 1 aromatic carbocycles. The van der Waals surface area contributed by atoms with Gasteiger partial charge in [-0.1, -0.05) is 30.3 Å². The van der Waals surface area contributed by atoms with E-state index >= 15 is 0 Å². The van der Waals surface area contributed by atoms with E-state index in [1.54, 1.807) is 4.90 Å². The Kier molecular flexibility index (Phi) is 6.40. The predicted molar refractivity (Wildman–Crippen MR) is 109 cm³/mol. The van der Waals surface area contributed by atoms with E-state index < -0.39 is 10.0 Å². The van der Waals surface area contributed by atoms with Crippen LogP contribution in [0.3, 0.4) is 0 Å². The van der Waals surface area contributed by atoms with Gasteiger partial charge >= 0.3 is 0 Å². The summed E-state index contributed by atoms with van der Waals surface area (Å²) in [6, 6.07) is 9.79. The van der Waals surface area contributed by atoms with Gasteiger partial charge in [0.1, 0.15) is 6.54 Å². The number of ether oxygens (including phenoxy) is 1. The first-order chi connectivity index (χ1) is 13.7. The molecule has 1 aliphatic heterocycles. The molecular formula is C20H28N4O4S. The average Bonchev–Trinajstić information content (AvgIpc) is 3.16. The molecule has 0 radical (unpaired) electrons. The molecule has 2 aromatic rings. The maximum absolute atomic E-state index is 13.0. The zero-order valence-electron chi connectivity index (χ0n) is 17.1. The van der Waals surface area contributed by atoms with Crippen LogP contribution in [0.15, 0.2) is 47.9 Å². The highest BCUT2D eigenvalue weighted by Gasteiger charge is 2.30. The van der Waals surface area contributed by atoms with Gasteiger partial charge in [-0.15, -0.1) is 0 Å². The number of amides is 1. The Bertz CT molecular complexity index is 929. The smallest absolute Gasteiger partial charge is 0.262 e. The Morgan fingerprint density at radius 3 is 2.45 bits per heavy atom. The first-order valence-electron chi connectivity index (χ1n) is 9.62. The first-order valence-corrected chi connectivity index (χ1v) is 11.1. The number of morpholine rings is 1. The van der Waals surface area contributed by atoms with Gasteiger partial charge in [0.2, 0.25) is 5.91 Å². The SMILES string of the molecule is CC(C)(C)N(Cc1ccccc1)C(=O)Cn1cnc(S(=O)(=O)N2CCOCC2)c1. The predicted octanol–water partition coefficient (Wildman–Crippen LogP) is 1.73. The molecular weight excluding hydrogens is 392 g/mol. The monoisotopic (exact) mass is 420 g/mol. The summed E-state index contributed by atoms with van der Waals surface area (Å²) in [4.78, 5) is 18.9. The number of aromatic nitrogens is 2. The normalized spacial score (nSPS) is 16.0. The molecule has 0 unspecified atom stereocenters. The van der Waals surface area contributed by atoms with Crippen LogP contribution in [0.1, 0.15) is 26.3 Å². The minimum atomic E-state index is -3.68. The Balaban J connectivity index is 1.73. The van der Waals surface area contributed by atoms with Crippen molar-refractivity contribution in [3.05, 3.63) is 48.4 Å². The highest BCUT2D eigenvalue weighted by molar-refractivity contribution is 7.89. The summed E-state index contributed by atoms with van der Waals surface area (Å²) < 4.78 is 33.5. The van der Waals surface area contributed by atoms with Gasteiger partial charge in [0.05, 0.1) is 19.5 Å². The second-order valence-corrected chi connectivity index (χ2v) is 9.92. The molecule has 1 fully saturated rings. The zero-order valence-corrected chi connectivity index (χ0v) is 17.9. The molecule has 0 spiro atoms. The van der Waals surface area contributed by atoms with Crippen molar-refractivity contribution in [3.63, 3.8) is 0 Å². The first kappa shape index (κ1) is 21.5. The molecule has 0 atom stereocenters. The average molecular weight is 421 g/mol. The molecule has 3 rings (SSSR count). The lowest BCUT2D eigenvalue weighted by molar-refractivity contribution is -0.137. The van der Waals surface area contributed by atoms with Crippen molar-refractivity contribution < 1.29 is 17.9 Å². The van der Waals surface area contributed by atoms with Crippen LogP contribution in [0.2, 0.25) is 0 Å². The van der Waals surface area contributed by atoms with E-state index in [2.05, 4.69) is 4.98 Å². The summed E-state index contributed by atoms with van der Waals surface area (Å²) in [5, 5.41) is -0.0439. The number of hydrogen-bond donors (Lipinski definition) is 0. The number of benzene rings is 1. The van der Waals surface area contributed by atoms with E-state index in [-0.39, 0.29) is 23.0 Å². The molecule has 1 aliphatic rings. The fourth-order valence-corrected chi connectivity index (χ4v) is 4.53. The van der Waals surface area contributed by atoms with Crippen molar-refractivity contribution in [2.45, 2.75) is 44.4 Å². The second-order valence-electron chi connectivity index (χ2n) is 8.04. The molecule has 0 aliphatic carbocycles. The number of rotatable bonds is 6. The topological polar surface area (TPSA) is 84.7 Å². The number of carbonyl (C=O) groups is 1. The van der Waals surface area contributed by atoms with E-state index in [1.165, 1.54) is 21.4 Å². The standard InChI is InChI=1S/C20H28N4O4S/c1-20(2,3)24(13-17-7-5-4-6-8-17)19(25)15-22-14-18(21-16-22)29(26,27)23-9-11-28-12-10-23/h4-8,14,16H,9-13,15H2,1-3H3. The molecule has 1 aromatic heterocycles. The van der Waals surface area contributed by atoms with Crippen molar-refractivity contribution >= 4 is 15.9 Å². The summed E-state index contributed by atoms with van der Waals surface area (Å²) in [5.41, 5.74) is 0.660. The molecule has 0 saturated carbocycles. The minimum absolute atomic E-state index is 0.0235. The van der Waals surface area contributed by atoms with Crippen molar-refractivity contribution in [2.24, 2.45) is 0 Å². The van der Waals surface area contributed by atoms with Crippen molar-refractivity contribution in [1.29, 1.82) is 0 Å². The quantitative estimate of drug-likeness (QED) is 0.711. The number of carbonyl (C=O) groups excluding carboxylic acids is 1. The zero-order chi connectivity index (χ0) is 21.1. The fourth-order valence-electron chi connectivity index (χ4n) is 3.19. The van der Waals surface area contributed by atoms with Crippen LogP contribution in [-0.4, -0.2) is 64.9 Å². The lowest BCUT2D eigenvalue weighted by Gasteiger charge is -2.36. The lowest BCUT2D eigenvalue weighted by Crippen LogP contribution is -2.46. The molecule has 2 heterocycles. The Hall–Kier alpha value is -2.23. The maximum atomic E-state index is 13.0. The Labute approximate surface area is 172 Å². The maximum Gasteiger partial charge on any atom is 0.262 e. The van der Waals surface area contributed by atoms with Gasteiger partial charge in [0, 0.05) is 31.4 Å². The van der Waals surface area contributed by atoms with E-state index in [9.17, 15) is 13.2 Å². The third-order valence-electron chi connectivity index (χ3n) is 4.80. The molecule has 0 bridgehead atoms. The largest absolute Gasteiger partial charge is 0.379 e. The molecule has 0 N–H and O–H groups in total. The van der Waals surface area contributed by atoms with E-state index in [4.69, 9.17) is 4.74 Å². The Morgan fingerprint density at radius 1 is 1.17 bits per heavy atom. The van der Waals surface area contributed by atoms with Gasteiger partial charge in [-0.3, -0.25) is 4.79 Å². The third kappa shape index (κ3) is 5.23. The number of hydrogen-bond acceptors (Lipinski definition) is 5. The van der Waals surface area contributed by atoms with Gasteiger partial charge in [0.15, 0.2) is 5.03 Å². The molecule has 8 nitrogen and oxygen atoms in total. The Morgan fingerprint density at radius 2 is 1.83 bits per heavy atom. The summed E-state index contributed by atoms with van der Waals surface area (Å²) >= 11 is 0. The van der Waals surface area contributed by atoms with Crippen molar-refractivity contribution in [1.82, 2.24) is 18.8 Å². The molecule has 1 saturated heterocycles. The minimum Gasteiger partial charge on any atom is -0.379 e. The van der Waals surface area contributed by atoms with Crippen molar-refractivity contribution in [3.8, 4) is 0 Å². The van der Waals surface area contributed by atoms with Gasteiger partial charge in [0.25, 0.3) is 10.0 Å². The van der Waals surface area contributed by atoms with Gasteiger partial charge in [-0.25, -0.2) is 13.4 Å². The number of sulfonamides is 1. The molecule has 9 heteroatoms. The molecule has 1 amide bonds. The van der Waals surface area contributed by atoms with Crippen LogP contribution in [0.25, 0.3) is 0 Å². The summed E-state index contributed by atoms with van der Waals surface area (Å²) in [6.07, 6.45) is 2.82. The van der Waals surface area contributed by atoms with Gasteiger partial charge in [-0.2, -0.15) is 4.31 Å². The van der Waals surface area contributed by atoms with Gasteiger partial charge in [-0.05, 0) is 26.3 Å². The van der Waals surface area contributed by atoms with Crippen molar-refractivity contribution in [2.75, 3.05) is 26.3 Å². The van der Waals surface area contributed by atoms with Crippen LogP contribution in [0.5, 0.6) is 0 Å². The number of nitrogens with zero attached hydrogens (tertiary/aromatic N) is 4. The number of imidazole rings is 1. The fraction of sp³-hybridized carbons (Fsp3) is 0.500. The van der Waals surface area contributed by atoms with E-state index in [1.807, 2.05) is 51.1 Å².